The van der Waals surface area contributed by atoms with Crippen LogP contribution in [0.1, 0.15) is 5.56 Å². The van der Waals surface area contributed by atoms with Crippen LogP contribution >= 0.6 is 0 Å². The summed E-state index contributed by atoms with van der Waals surface area (Å²) in [6, 6.07) is 13.4. The van der Waals surface area contributed by atoms with Crippen molar-refractivity contribution in [3.05, 3.63) is 48.0 Å². The van der Waals surface area contributed by atoms with Gasteiger partial charge in [-0.05, 0) is 42.3 Å². The molecule has 0 spiro atoms. The Bertz CT molecular complexity index is 1090. The van der Waals surface area contributed by atoms with Gasteiger partial charge < -0.3 is 29.3 Å². The van der Waals surface area contributed by atoms with Crippen LogP contribution in [0.15, 0.2) is 42.5 Å². The third-order valence-electron chi connectivity index (χ3n) is 7.43. The van der Waals surface area contributed by atoms with E-state index in [2.05, 4.69) is 27.2 Å². The Labute approximate surface area is 211 Å². The number of methoxy groups -OCH3 is 2. The monoisotopic (exact) mass is 494 g/mol. The van der Waals surface area contributed by atoms with Gasteiger partial charge in [0.15, 0.2) is 0 Å². The molecular formula is C27H34N4O5. The second-order valence-corrected chi connectivity index (χ2v) is 9.51. The highest BCUT2D eigenvalue weighted by Gasteiger charge is 2.42. The van der Waals surface area contributed by atoms with Crippen molar-refractivity contribution in [1.82, 2.24) is 9.80 Å². The van der Waals surface area contributed by atoms with E-state index < -0.39 is 0 Å². The number of nitrogens with zero attached hydrogens (tertiary/aromatic N) is 3. The molecule has 0 radical (unpaired) electrons. The molecule has 2 amide bonds. The number of ether oxygens (including phenoxy) is 3. The van der Waals surface area contributed by atoms with E-state index in [1.165, 1.54) is 0 Å². The fourth-order valence-electron chi connectivity index (χ4n) is 5.42. The number of hydrogen-bond donors (Lipinski definition) is 1. The summed E-state index contributed by atoms with van der Waals surface area (Å²) in [6.07, 6.45) is 0.633. The van der Waals surface area contributed by atoms with E-state index in [9.17, 15) is 9.59 Å². The molecule has 2 atom stereocenters. The van der Waals surface area contributed by atoms with Crippen LogP contribution in [0.3, 0.4) is 0 Å². The highest BCUT2D eigenvalue weighted by atomic mass is 16.5. The molecule has 3 aliphatic rings. The summed E-state index contributed by atoms with van der Waals surface area (Å²) in [6.45, 7) is 4.98. The van der Waals surface area contributed by atoms with E-state index in [0.717, 1.165) is 41.5 Å². The highest BCUT2D eigenvalue weighted by Crippen LogP contribution is 2.38. The topological polar surface area (TPSA) is 83.6 Å². The van der Waals surface area contributed by atoms with Gasteiger partial charge in [0.1, 0.15) is 11.5 Å². The standard InChI is InChI=1S/C27H34N4O5/c1-34-21-7-4-20(5-8-21)28-27(33)23-15-19-3-6-22(35-2)16-24(19)31-10-9-29(17-25(23)31)18-26(32)30-11-13-36-14-12-30/h3-8,16,23,25H,9-15,17-18H2,1-2H3,(H,28,33)/t23-,25-/m1/s1. The van der Waals surface area contributed by atoms with Crippen molar-refractivity contribution >= 4 is 23.2 Å². The molecule has 9 heteroatoms. The second-order valence-electron chi connectivity index (χ2n) is 9.51. The van der Waals surface area contributed by atoms with Gasteiger partial charge in [-0.2, -0.15) is 0 Å². The lowest BCUT2D eigenvalue weighted by atomic mass is 9.83. The molecule has 2 fully saturated rings. The number of morpholine rings is 1. The smallest absolute Gasteiger partial charge is 0.236 e. The quantitative estimate of drug-likeness (QED) is 0.656. The van der Waals surface area contributed by atoms with Gasteiger partial charge in [-0.25, -0.2) is 0 Å². The maximum atomic E-state index is 13.6. The van der Waals surface area contributed by atoms with Crippen molar-refractivity contribution in [2.45, 2.75) is 12.5 Å². The van der Waals surface area contributed by atoms with Gasteiger partial charge in [-0.1, -0.05) is 6.07 Å². The molecule has 1 N–H and O–H groups in total. The average molecular weight is 495 g/mol. The van der Waals surface area contributed by atoms with Crippen LogP contribution in [0.25, 0.3) is 0 Å². The number of benzene rings is 2. The first-order chi connectivity index (χ1) is 17.6. The van der Waals surface area contributed by atoms with Crippen molar-refractivity contribution in [3.63, 3.8) is 0 Å². The van der Waals surface area contributed by atoms with Gasteiger partial charge in [0.2, 0.25) is 11.8 Å². The molecule has 3 aliphatic heterocycles. The number of fused-ring (bicyclic) bond motifs is 3. The zero-order valence-electron chi connectivity index (χ0n) is 20.9. The van der Waals surface area contributed by atoms with Crippen molar-refractivity contribution in [1.29, 1.82) is 0 Å². The number of carbonyl (C=O) groups excluding carboxylic acids is 2. The Morgan fingerprint density at radius 3 is 2.42 bits per heavy atom. The Kier molecular flexibility index (Phi) is 7.29. The molecule has 2 aromatic rings. The molecule has 36 heavy (non-hydrogen) atoms. The number of rotatable bonds is 6. The molecular weight excluding hydrogens is 460 g/mol. The molecule has 0 unspecified atom stereocenters. The normalized spacial score (nSPS) is 21.8. The molecule has 0 aliphatic carbocycles. The van der Waals surface area contributed by atoms with Crippen LogP contribution in [0.5, 0.6) is 11.5 Å². The maximum absolute atomic E-state index is 13.6. The molecule has 9 nitrogen and oxygen atoms in total. The number of piperazine rings is 1. The van der Waals surface area contributed by atoms with Gasteiger partial charge in [0.05, 0.1) is 45.9 Å². The number of nitrogens with one attached hydrogen (secondary N) is 1. The Morgan fingerprint density at radius 2 is 1.69 bits per heavy atom. The summed E-state index contributed by atoms with van der Waals surface area (Å²) in [5, 5.41) is 3.10. The van der Waals surface area contributed by atoms with Crippen molar-refractivity contribution < 1.29 is 23.8 Å². The molecule has 2 saturated heterocycles. The third-order valence-corrected chi connectivity index (χ3v) is 7.43. The summed E-state index contributed by atoms with van der Waals surface area (Å²) >= 11 is 0. The number of anilines is 2. The summed E-state index contributed by atoms with van der Waals surface area (Å²) in [5.41, 5.74) is 3.00. The first-order valence-electron chi connectivity index (χ1n) is 12.5. The van der Waals surface area contributed by atoms with Crippen molar-refractivity contribution in [2.24, 2.45) is 5.92 Å². The lowest BCUT2D eigenvalue weighted by Gasteiger charge is -2.49. The first kappa shape index (κ1) is 24.4. The zero-order chi connectivity index (χ0) is 25.1. The minimum Gasteiger partial charge on any atom is -0.497 e. The predicted molar refractivity (Wildman–Crippen MR) is 137 cm³/mol. The largest absolute Gasteiger partial charge is 0.497 e. The fraction of sp³-hybridized carbons (Fsp3) is 0.481. The van der Waals surface area contributed by atoms with E-state index in [4.69, 9.17) is 14.2 Å². The molecule has 0 aromatic heterocycles. The molecule has 0 saturated carbocycles. The fourth-order valence-corrected chi connectivity index (χ4v) is 5.42. The Morgan fingerprint density at radius 1 is 0.972 bits per heavy atom. The van der Waals surface area contributed by atoms with E-state index in [1.54, 1.807) is 14.2 Å². The zero-order valence-corrected chi connectivity index (χ0v) is 20.9. The van der Waals surface area contributed by atoms with E-state index in [-0.39, 0.29) is 23.8 Å². The van der Waals surface area contributed by atoms with Crippen LogP contribution < -0.4 is 19.7 Å². The third kappa shape index (κ3) is 5.12. The molecule has 3 heterocycles. The predicted octanol–water partition coefficient (Wildman–Crippen LogP) is 1.86. The Hall–Kier alpha value is -3.30. The van der Waals surface area contributed by atoms with Gasteiger partial charge in [0.25, 0.3) is 0 Å². The Balaban J connectivity index is 1.36. The molecule has 2 aromatic carbocycles. The lowest BCUT2D eigenvalue weighted by molar-refractivity contribution is -0.136. The van der Waals surface area contributed by atoms with E-state index >= 15 is 0 Å². The number of hydrogen-bond acceptors (Lipinski definition) is 7. The molecule has 5 rings (SSSR count). The van der Waals surface area contributed by atoms with Crippen LogP contribution in [-0.4, -0.2) is 94.4 Å². The average Bonchev–Trinajstić information content (AvgIpc) is 2.93. The summed E-state index contributed by atoms with van der Waals surface area (Å²) in [7, 11) is 3.29. The van der Waals surface area contributed by atoms with Crippen LogP contribution in [0.2, 0.25) is 0 Å². The van der Waals surface area contributed by atoms with Crippen molar-refractivity contribution in [3.8, 4) is 11.5 Å². The molecule has 192 valence electrons. The van der Waals surface area contributed by atoms with E-state index in [0.29, 0.717) is 45.8 Å². The number of amides is 2. The number of carbonyl (C=O) groups is 2. The maximum Gasteiger partial charge on any atom is 0.236 e. The van der Waals surface area contributed by atoms with Crippen LogP contribution in [0.4, 0.5) is 11.4 Å². The van der Waals surface area contributed by atoms with Crippen LogP contribution in [0, 0.1) is 5.92 Å². The van der Waals surface area contributed by atoms with Crippen molar-refractivity contribution in [2.75, 3.05) is 76.9 Å². The highest BCUT2D eigenvalue weighted by molar-refractivity contribution is 5.94. The molecule has 0 bridgehead atoms. The summed E-state index contributed by atoms with van der Waals surface area (Å²) in [5.74, 6) is 1.40. The minimum absolute atomic E-state index is 0.0157. The first-order valence-corrected chi connectivity index (χ1v) is 12.5. The summed E-state index contributed by atoms with van der Waals surface area (Å²) < 4.78 is 16.1. The summed E-state index contributed by atoms with van der Waals surface area (Å²) in [4.78, 5) is 32.9. The second kappa shape index (κ2) is 10.8. The lowest BCUT2D eigenvalue weighted by Crippen LogP contribution is -2.61. The van der Waals surface area contributed by atoms with Gasteiger partial charge in [-0.3, -0.25) is 14.5 Å². The van der Waals surface area contributed by atoms with Crippen LogP contribution in [-0.2, 0) is 20.7 Å². The van der Waals surface area contributed by atoms with E-state index in [1.807, 2.05) is 35.2 Å². The SMILES string of the molecule is COc1ccc(NC(=O)[C@@H]2Cc3ccc(OC)cc3N3CCN(CC(=O)N4CCOCC4)C[C@H]23)cc1. The minimum atomic E-state index is -0.255. The van der Waals surface area contributed by atoms with Gasteiger partial charge >= 0.3 is 0 Å². The van der Waals surface area contributed by atoms with Gasteiger partial charge in [-0.15, -0.1) is 0 Å². The van der Waals surface area contributed by atoms with Gasteiger partial charge in [0, 0.05) is 50.2 Å².